The van der Waals surface area contributed by atoms with Crippen molar-refractivity contribution in [3.8, 4) is 0 Å². The van der Waals surface area contributed by atoms with E-state index in [2.05, 4.69) is 58.5 Å². The first-order valence-electron chi connectivity index (χ1n) is 9.39. The number of hydrogen-bond donors (Lipinski definition) is 0. The van der Waals surface area contributed by atoms with E-state index < -0.39 is 0 Å². The summed E-state index contributed by atoms with van der Waals surface area (Å²) in [5.74, 6) is 0.661. The molecule has 0 radical (unpaired) electrons. The number of hydrogen-bond acceptors (Lipinski definition) is 4. The Kier molecular flexibility index (Phi) is 4.11. The van der Waals surface area contributed by atoms with Gasteiger partial charge in [-0.2, -0.15) is 0 Å². The summed E-state index contributed by atoms with van der Waals surface area (Å²) in [4.78, 5) is 6.90. The molecular weight excluding hydrogens is 362 g/mol. The highest BCUT2D eigenvalue weighted by atomic mass is 35.5. The Morgan fingerprint density at radius 3 is 3.00 bits per heavy atom. The highest BCUT2D eigenvalue weighted by Crippen LogP contribution is 2.45. The number of thioether (sulfide) groups is 1. The maximum absolute atomic E-state index is 6.58. The molecule has 3 aliphatic heterocycles. The van der Waals surface area contributed by atoms with Crippen LogP contribution in [0.1, 0.15) is 30.9 Å². The van der Waals surface area contributed by atoms with Crippen molar-refractivity contribution in [3.05, 3.63) is 57.9 Å². The van der Waals surface area contributed by atoms with Gasteiger partial charge >= 0.3 is 0 Å². The van der Waals surface area contributed by atoms with Crippen LogP contribution in [0, 0.1) is 5.92 Å². The van der Waals surface area contributed by atoms with Crippen LogP contribution in [-0.2, 0) is 6.42 Å². The molecule has 0 N–H and O–H groups in total. The fourth-order valence-electron chi connectivity index (χ4n) is 4.86. The van der Waals surface area contributed by atoms with E-state index in [1.54, 1.807) is 22.9 Å². The van der Waals surface area contributed by atoms with Crippen LogP contribution in [0.15, 0.2) is 46.7 Å². The molecule has 3 nitrogen and oxygen atoms in total. The summed E-state index contributed by atoms with van der Waals surface area (Å²) in [6.45, 7) is 4.73. The van der Waals surface area contributed by atoms with Crippen molar-refractivity contribution in [2.45, 2.75) is 31.7 Å². The minimum Gasteiger partial charge on any atom is -0.321 e. The highest BCUT2D eigenvalue weighted by Gasteiger charge is 2.35. The van der Waals surface area contributed by atoms with E-state index in [4.69, 9.17) is 11.6 Å². The summed E-state index contributed by atoms with van der Waals surface area (Å²) in [6.07, 6.45) is 7.82. The Bertz CT molecular complexity index is 844. The summed E-state index contributed by atoms with van der Waals surface area (Å²) in [5.41, 5.74) is 7.50. The van der Waals surface area contributed by atoms with Crippen LogP contribution in [-0.4, -0.2) is 35.4 Å². The first kappa shape index (κ1) is 16.8. The molecule has 0 amide bonds. The second kappa shape index (κ2) is 6.36. The summed E-state index contributed by atoms with van der Waals surface area (Å²) >= 11 is 8.38. The van der Waals surface area contributed by atoms with Crippen molar-refractivity contribution < 1.29 is 0 Å². The molecule has 5 rings (SSSR count). The van der Waals surface area contributed by atoms with Crippen LogP contribution in [0.3, 0.4) is 0 Å². The van der Waals surface area contributed by atoms with Crippen LogP contribution in [0.5, 0.6) is 0 Å². The third-order valence-corrected chi connectivity index (χ3v) is 7.26. The van der Waals surface area contributed by atoms with Gasteiger partial charge in [-0.1, -0.05) is 35.0 Å². The van der Waals surface area contributed by atoms with E-state index in [1.807, 2.05) is 6.20 Å². The summed E-state index contributed by atoms with van der Waals surface area (Å²) in [5, 5.41) is 2.93. The Balaban J connectivity index is 1.50. The SMILES string of the molecule is CC1=C(C2CCCN(C)C2)c2cc(N3C(Cl)=CN4C=CSC43)ccc2C1. The summed E-state index contributed by atoms with van der Waals surface area (Å²) < 4.78 is 0. The van der Waals surface area contributed by atoms with Gasteiger partial charge in [-0.05, 0) is 79.9 Å². The minimum atomic E-state index is 0.219. The predicted molar refractivity (Wildman–Crippen MR) is 112 cm³/mol. The monoisotopic (exact) mass is 385 g/mol. The molecule has 1 fully saturated rings. The standard InChI is InChI=1S/C21H24ClN3S/c1-14-10-15-5-6-17(25-19(22)13-24-8-9-26-21(24)25)11-18(15)20(14)16-4-3-7-23(2)12-16/h5-6,8-9,11,13,16,21H,3-4,7,10,12H2,1-2H3. The van der Waals surface area contributed by atoms with Gasteiger partial charge in [0.2, 0.25) is 0 Å². The van der Waals surface area contributed by atoms with Crippen molar-refractivity contribution in [2.75, 3.05) is 25.0 Å². The fraction of sp³-hybridized carbons (Fsp3) is 0.429. The molecule has 4 aliphatic rings. The zero-order valence-electron chi connectivity index (χ0n) is 15.3. The number of fused-ring (bicyclic) bond motifs is 2. The number of piperidine rings is 1. The normalized spacial score (nSPS) is 28.0. The molecule has 3 heterocycles. The zero-order valence-corrected chi connectivity index (χ0v) is 16.9. The average molecular weight is 386 g/mol. The molecule has 2 unspecified atom stereocenters. The zero-order chi connectivity index (χ0) is 17.8. The van der Waals surface area contributed by atoms with Crippen LogP contribution >= 0.6 is 23.4 Å². The Morgan fingerprint density at radius 2 is 2.15 bits per heavy atom. The quantitative estimate of drug-likeness (QED) is 0.661. The molecule has 0 spiro atoms. The number of halogens is 1. The van der Waals surface area contributed by atoms with Gasteiger partial charge in [-0.25, -0.2) is 0 Å². The largest absolute Gasteiger partial charge is 0.321 e. The van der Waals surface area contributed by atoms with Gasteiger partial charge in [0.25, 0.3) is 0 Å². The number of benzene rings is 1. The molecule has 26 heavy (non-hydrogen) atoms. The van der Waals surface area contributed by atoms with Gasteiger partial charge in [0, 0.05) is 24.6 Å². The van der Waals surface area contributed by atoms with Crippen LogP contribution < -0.4 is 4.90 Å². The van der Waals surface area contributed by atoms with Gasteiger partial charge in [0.15, 0.2) is 5.50 Å². The first-order chi connectivity index (χ1) is 12.6. The average Bonchev–Trinajstić information content (AvgIpc) is 3.26. The molecule has 2 atom stereocenters. The predicted octanol–water partition coefficient (Wildman–Crippen LogP) is 5.02. The topological polar surface area (TPSA) is 9.72 Å². The molecule has 0 saturated carbocycles. The lowest BCUT2D eigenvalue weighted by atomic mass is 9.86. The highest BCUT2D eigenvalue weighted by molar-refractivity contribution is 8.03. The second-order valence-corrected chi connectivity index (χ2v) is 9.18. The van der Waals surface area contributed by atoms with Crippen LogP contribution in [0.2, 0.25) is 0 Å². The van der Waals surface area contributed by atoms with E-state index in [0.717, 1.165) is 11.6 Å². The van der Waals surface area contributed by atoms with Crippen LogP contribution in [0.4, 0.5) is 5.69 Å². The maximum atomic E-state index is 6.58. The van der Waals surface area contributed by atoms with Crippen molar-refractivity contribution >= 4 is 34.6 Å². The molecule has 1 aromatic carbocycles. The van der Waals surface area contributed by atoms with E-state index in [0.29, 0.717) is 5.92 Å². The molecule has 136 valence electrons. The van der Waals surface area contributed by atoms with E-state index in [-0.39, 0.29) is 5.50 Å². The summed E-state index contributed by atoms with van der Waals surface area (Å²) in [7, 11) is 2.25. The van der Waals surface area contributed by atoms with E-state index >= 15 is 0 Å². The van der Waals surface area contributed by atoms with Gasteiger partial charge < -0.3 is 14.7 Å². The van der Waals surface area contributed by atoms with Gasteiger partial charge in [0.05, 0.1) is 0 Å². The van der Waals surface area contributed by atoms with Crippen molar-refractivity contribution in [1.82, 2.24) is 9.80 Å². The lowest BCUT2D eigenvalue weighted by Crippen LogP contribution is -2.33. The molecule has 1 aromatic rings. The Hall–Kier alpha value is -1.36. The third kappa shape index (κ3) is 2.62. The first-order valence-corrected chi connectivity index (χ1v) is 10.7. The molecule has 1 saturated heterocycles. The number of likely N-dealkylation sites (tertiary alicyclic amines) is 1. The number of anilines is 1. The van der Waals surface area contributed by atoms with Crippen molar-refractivity contribution in [1.29, 1.82) is 0 Å². The smallest absolute Gasteiger partial charge is 0.163 e. The van der Waals surface area contributed by atoms with E-state index in [1.165, 1.54) is 42.7 Å². The molecular formula is C21H24ClN3S. The number of rotatable bonds is 2. The number of allylic oxidation sites excluding steroid dienone is 1. The Labute approximate surface area is 165 Å². The second-order valence-electron chi connectivity index (χ2n) is 7.83. The van der Waals surface area contributed by atoms with Gasteiger partial charge in [-0.3, -0.25) is 0 Å². The van der Waals surface area contributed by atoms with Crippen LogP contribution in [0.25, 0.3) is 5.57 Å². The van der Waals surface area contributed by atoms with Crippen molar-refractivity contribution in [2.24, 2.45) is 5.92 Å². The van der Waals surface area contributed by atoms with Gasteiger partial charge in [-0.15, -0.1) is 0 Å². The maximum Gasteiger partial charge on any atom is 0.163 e. The minimum absolute atomic E-state index is 0.219. The van der Waals surface area contributed by atoms with E-state index in [9.17, 15) is 0 Å². The lowest BCUT2D eigenvalue weighted by Gasteiger charge is -2.32. The Morgan fingerprint density at radius 1 is 1.27 bits per heavy atom. The number of nitrogens with zero attached hydrogens (tertiary/aromatic N) is 3. The lowest BCUT2D eigenvalue weighted by molar-refractivity contribution is 0.242. The molecule has 1 aliphatic carbocycles. The molecule has 0 bridgehead atoms. The molecule has 0 aromatic heterocycles. The summed E-state index contributed by atoms with van der Waals surface area (Å²) in [6, 6.07) is 6.93. The fourth-order valence-corrected chi connectivity index (χ4v) is 6.20. The van der Waals surface area contributed by atoms with Gasteiger partial charge in [0.1, 0.15) is 5.16 Å². The third-order valence-electron chi connectivity index (χ3n) is 6.00. The van der Waals surface area contributed by atoms with Crippen molar-refractivity contribution in [3.63, 3.8) is 0 Å². The molecule has 5 heteroatoms.